The molecule has 4 aliphatic rings. The summed E-state index contributed by atoms with van der Waals surface area (Å²) in [6, 6.07) is 4.85. The van der Waals surface area contributed by atoms with E-state index in [1.54, 1.807) is 0 Å². The Kier molecular flexibility index (Phi) is 7.26. The molecule has 0 bridgehead atoms. The van der Waals surface area contributed by atoms with E-state index in [0.717, 1.165) is 37.3 Å². The Morgan fingerprint density at radius 1 is 1.24 bits per heavy atom. The summed E-state index contributed by atoms with van der Waals surface area (Å²) in [5.74, 6) is 3.27. The molecule has 4 heterocycles. The molecule has 2 aliphatic heterocycles. The molecule has 200 valence electrons. The number of aryl methyl sites for hydroxylation is 1. The highest BCUT2D eigenvalue weighted by molar-refractivity contribution is 5.49. The van der Waals surface area contributed by atoms with Crippen molar-refractivity contribution in [3.63, 3.8) is 0 Å². The minimum atomic E-state index is 0.0561. The van der Waals surface area contributed by atoms with E-state index in [0.29, 0.717) is 12.0 Å². The van der Waals surface area contributed by atoms with Crippen LogP contribution >= 0.6 is 0 Å². The summed E-state index contributed by atoms with van der Waals surface area (Å²) in [7, 11) is 4.41. The van der Waals surface area contributed by atoms with Crippen LogP contribution in [-0.4, -0.2) is 58.1 Å². The van der Waals surface area contributed by atoms with Crippen molar-refractivity contribution in [3.8, 4) is 0 Å². The van der Waals surface area contributed by atoms with E-state index in [1.807, 2.05) is 6.20 Å². The standard InChI is InChI=1S/C31H46N6/c1-4-8-23(20-35(2)3)9-5-17-33-31-19-26(31)14-15-28-34-27(22-37(28)31)21-36-18-7-11-25-13-12-24-10-6-16-32-29(24)30(25)36/h6,10,14-16,22-23,25-26,30,33H,4-5,7-9,11-13,17-21H2,1-3H3/t23?,25-,26?,30-,31?/m0/s1. The van der Waals surface area contributed by atoms with Crippen LogP contribution in [0.5, 0.6) is 0 Å². The Morgan fingerprint density at radius 2 is 2.16 bits per heavy atom. The number of aromatic nitrogens is 3. The van der Waals surface area contributed by atoms with E-state index < -0.39 is 0 Å². The van der Waals surface area contributed by atoms with Crippen LogP contribution in [0.25, 0.3) is 6.08 Å². The van der Waals surface area contributed by atoms with Crippen LogP contribution in [0.1, 0.15) is 87.1 Å². The van der Waals surface area contributed by atoms with Gasteiger partial charge in [0.25, 0.3) is 0 Å². The largest absolute Gasteiger partial charge is 0.312 e. The van der Waals surface area contributed by atoms with Gasteiger partial charge in [-0.05, 0) is 108 Å². The molecule has 0 radical (unpaired) electrons. The van der Waals surface area contributed by atoms with E-state index in [9.17, 15) is 0 Å². The molecule has 6 rings (SSSR count). The highest BCUT2D eigenvalue weighted by Gasteiger charge is 2.56. The zero-order valence-electron chi connectivity index (χ0n) is 23.2. The first-order chi connectivity index (χ1) is 18.1. The minimum Gasteiger partial charge on any atom is -0.312 e. The SMILES string of the molecule is CCCC(CCCNC12CC1C=Cc1nc(CN3CCC[C@H]4CCc5cccnc5[C@H]43)cn12)CN(C)C. The van der Waals surface area contributed by atoms with Crippen molar-refractivity contribution in [1.29, 1.82) is 0 Å². The average Bonchev–Trinajstić information content (AvgIpc) is 3.48. The Hall–Kier alpha value is -2.02. The van der Waals surface area contributed by atoms with Gasteiger partial charge in [-0.2, -0.15) is 0 Å². The second-order valence-corrected chi connectivity index (χ2v) is 12.4. The number of piperidine rings is 1. The zero-order chi connectivity index (χ0) is 25.4. The van der Waals surface area contributed by atoms with Gasteiger partial charge in [-0.3, -0.25) is 15.2 Å². The Morgan fingerprint density at radius 3 is 3.03 bits per heavy atom. The number of fused-ring (bicyclic) bond motifs is 6. The number of pyridine rings is 1. The summed E-state index contributed by atoms with van der Waals surface area (Å²) >= 11 is 0. The molecule has 2 fully saturated rings. The van der Waals surface area contributed by atoms with Gasteiger partial charge in [0.05, 0.1) is 17.4 Å². The van der Waals surface area contributed by atoms with Crippen LogP contribution in [0.4, 0.5) is 0 Å². The maximum atomic E-state index is 5.14. The molecule has 0 aromatic carbocycles. The minimum absolute atomic E-state index is 0.0561. The third-order valence-electron chi connectivity index (χ3n) is 9.43. The lowest BCUT2D eigenvalue weighted by Crippen LogP contribution is -2.41. The van der Waals surface area contributed by atoms with Gasteiger partial charge >= 0.3 is 0 Å². The molecule has 3 unspecified atom stereocenters. The van der Waals surface area contributed by atoms with E-state index in [1.165, 1.54) is 81.3 Å². The lowest BCUT2D eigenvalue weighted by molar-refractivity contribution is 0.0686. The van der Waals surface area contributed by atoms with Crippen LogP contribution < -0.4 is 5.32 Å². The van der Waals surface area contributed by atoms with Crippen molar-refractivity contribution in [1.82, 2.24) is 29.7 Å². The van der Waals surface area contributed by atoms with Gasteiger partial charge in [-0.15, -0.1) is 0 Å². The van der Waals surface area contributed by atoms with Gasteiger partial charge in [-0.1, -0.05) is 25.5 Å². The summed E-state index contributed by atoms with van der Waals surface area (Å²) in [6.45, 7) is 6.68. The molecule has 1 N–H and O–H groups in total. The molecule has 6 nitrogen and oxygen atoms in total. The van der Waals surface area contributed by atoms with Gasteiger partial charge in [-0.25, -0.2) is 4.98 Å². The second-order valence-electron chi connectivity index (χ2n) is 12.4. The first kappa shape index (κ1) is 25.3. The molecule has 2 aromatic rings. The molecule has 0 amide bonds. The molecule has 6 heteroatoms. The monoisotopic (exact) mass is 502 g/mol. The summed E-state index contributed by atoms with van der Waals surface area (Å²) in [4.78, 5) is 15.1. The summed E-state index contributed by atoms with van der Waals surface area (Å²) in [5.41, 5.74) is 4.06. The van der Waals surface area contributed by atoms with E-state index in [2.05, 4.69) is 71.2 Å². The molecule has 0 spiro atoms. The first-order valence-corrected chi connectivity index (χ1v) is 14.9. The van der Waals surface area contributed by atoms with Gasteiger partial charge in [0.1, 0.15) is 11.5 Å². The summed E-state index contributed by atoms with van der Waals surface area (Å²) in [6.07, 6.45) is 20.5. The molecular weight excluding hydrogens is 456 g/mol. The molecule has 37 heavy (non-hydrogen) atoms. The van der Waals surface area contributed by atoms with Crippen molar-refractivity contribution in [2.45, 2.75) is 83.0 Å². The lowest BCUT2D eigenvalue weighted by atomic mass is 9.77. The fourth-order valence-electron chi connectivity index (χ4n) is 7.68. The maximum absolute atomic E-state index is 5.14. The topological polar surface area (TPSA) is 49.2 Å². The maximum Gasteiger partial charge on any atom is 0.134 e. The Bertz CT molecular complexity index is 1100. The van der Waals surface area contributed by atoms with E-state index in [-0.39, 0.29) is 5.66 Å². The van der Waals surface area contributed by atoms with Crippen LogP contribution in [0.3, 0.4) is 0 Å². The highest BCUT2D eigenvalue weighted by atomic mass is 15.3. The molecule has 2 aliphatic carbocycles. The van der Waals surface area contributed by atoms with Crippen molar-refractivity contribution >= 4 is 6.08 Å². The molecule has 1 saturated heterocycles. The van der Waals surface area contributed by atoms with Gasteiger partial charge in [0.15, 0.2) is 0 Å². The fourth-order valence-corrected chi connectivity index (χ4v) is 7.68. The molecular formula is C31H46N6. The first-order valence-electron chi connectivity index (χ1n) is 14.9. The predicted octanol–water partition coefficient (Wildman–Crippen LogP) is 5.22. The average molecular weight is 503 g/mol. The highest BCUT2D eigenvalue weighted by Crippen LogP contribution is 2.52. The van der Waals surface area contributed by atoms with Crippen molar-refractivity contribution in [2.24, 2.45) is 17.8 Å². The predicted molar refractivity (Wildman–Crippen MR) is 150 cm³/mol. The number of nitrogens with zero attached hydrogens (tertiary/aromatic N) is 5. The smallest absolute Gasteiger partial charge is 0.134 e. The number of nitrogens with one attached hydrogen (secondary N) is 1. The third-order valence-corrected chi connectivity index (χ3v) is 9.43. The molecule has 1 saturated carbocycles. The van der Waals surface area contributed by atoms with Crippen molar-refractivity contribution < 1.29 is 0 Å². The van der Waals surface area contributed by atoms with Crippen molar-refractivity contribution in [3.05, 3.63) is 53.4 Å². The second kappa shape index (κ2) is 10.6. The number of imidazole rings is 1. The fraction of sp³-hybridized carbons (Fsp3) is 0.677. The van der Waals surface area contributed by atoms with Gasteiger partial charge in [0, 0.05) is 31.4 Å². The Balaban J connectivity index is 1.12. The molecule has 5 atom stereocenters. The van der Waals surface area contributed by atoms with Crippen LogP contribution in [-0.2, 0) is 18.6 Å². The van der Waals surface area contributed by atoms with E-state index in [4.69, 9.17) is 9.97 Å². The normalized spacial score (nSPS) is 28.9. The third kappa shape index (κ3) is 5.05. The van der Waals surface area contributed by atoms with Crippen LogP contribution in [0, 0.1) is 17.8 Å². The van der Waals surface area contributed by atoms with E-state index >= 15 is 0 Å². The van der Waals surface area contributed by atoms with Crippen LogP contribution in [0.2, 0.25) is 0 Å². The zero-order valence-corrected chi connectivity index (χ0v) is 23.2. The lowest BCUT2D eigenvalue weighted by Gasteiger charge is -2.44. The Labute approximate surface area is 223 Å². The number of likely N-dealkylation sites (tertiary alicyclic amines) is 1. The number of rotatable bonds is 11. The number of hydrogen-bond donors (Lipinski definition) is 1. The number of hydrogen-bond acceptors (Lipinski definition) is 5. The molecule has 2 aromatic heterocycles. The van der Waals surface area contributed by atoms with Crippen LogP contribution in [0.15, 0.2) is 30.6 Å². The summed E-state index contributed by atoms with van der Waals surface area (Å²) < 4.78 is 2.48. The summed E-state index contributed by atoms with van der Waals surface area (Å²) in [5, 5.41) is 3.99. The van der Waals surface area contributed by atoms with Gasteiger partial charge in [0.2, 0.25) is 0 Å². The quantitative estimate of drug-likeness (QED) is 0.427. The van der Waals surface area contributed by atoms with Gasteiger partial charge < -0.3 is 9.47 Å². The van der Waals surface area contributed by atoms with Crippen molar-refractivity contribution in [2.75, 3.05) is 33.7 Å².